The van der Waals surface area contributed by atoms with Crippen molar-refractivity contribution in [2.45, 2.75) is 64.3 Å². The van der Waals surface area contributed by atoms with Gasteiger partial charge < -0.3 is 36.5 Å². The number of aliphatic hydroxyl groups is 1. The van der Waals surface area contributed by atoms with Gasteiger partial charge in [-0.1, -0.05) is 20.3 Å². The second kappa shape index (κ2) is 12.2. The van der Waals surface area contributed by atoms with Crippen LogP contribution in [0.1, 0.15) is 40.0 Å². The molecule has 1 rings (SSSR count). The zero-order chi connectivity index (χ0) is 22.8. The van der Waals surface area contributed by atoms with Gasteiger partial charge in [0.1, 0.15) is 24.4 Å². The van der Waals surface area contributed by atoms with Crippen LogP contribution in [0, 0.1) is 5.92 Å². The van der Waals surface area contributed by atoms with Crippen molar-refractivity contribution in [3.8, 4) is 0 Å². The number of hydrogen-bond acceptors (Lipinski definition) is 7. The van der Waals surface area contributed by atoms with E-state index in [0.29, 0.717) is 32.1 Å². The Balaban J connectivity index is 2.73. The molecule has 0 bridgehead atoms. The number of carbonyl (C=O) groups is 5. The van der Waals surface area contributed by atoms with Crippen LogP contribution in [0.5, 0.6) is 0 Å². The van der Waals surface area contributed by atoms with Crippen LogP contribution in [0.4, 0.5) is 0 Å². The van der Waals surface area contributed by atoms with Crippen molar-refractivity contribution >= 4 is 29.9 Å². The summed E-state index contributed by atoms with van der Waals surface area (Å²) in [7, 11) is 0. The summed E-state index contributed by atoms with van der Waals surface area (Å²) in [6, 6.07) is -2.65. The molecule has 1 aliphatic rings. The molecule has 30 heavy (non-hydrogen) atoms. The first-order valence-corrected chi connectivity index (χ1v) is 10.2. The minimum atomic E-state index is -1.08. The molecule has 0 saturated carbocycles. The topological polar surface area (TPSA) is 171 Å². The Kier molecular flexibility index (Phi) is 10.4. The number of aldehydes is 1. The Morgan fingerprint density at radius 1 is 1.23 bits per heavy atom. The van der Waals surface area contributed by atoms with Crippen LogP contribution < -0.4 is 21.7 Å². The Morgan fingerprint density at radius 3 is 2.43 bits per heavy atom. The Bertz CT molecular complexity index is 641. The lowest BCUT2D eigenvalue weighted by Crippen LogP contribution is -2.56. The van der Waals surface area contributed by atoms with Crippen LogP contribution in [0.15, 0.2) is 0 Å². The SMILES string of the molecule is CC[C@H](C)[C@H](NC(=O)[C@@H]1CCCN1C(=O)CN)C(=O)NCC(=O)N[C@H](C=O)[C@@H](C)O. The molecule has 1 fully saturated rings. The molecule has 0 radical (unpaired) electrons. The minimum Gasteiger partial charge on any atom is -0.391 e. The van der Waals surface area contributed by atoms with E-state index in [2.05, 4.69) is 16.0 Å². The molecule has 170 valence electrons. The number of nitrogens with zero attached hydrogens (tertiary/aromatic N) is 1. The fraction of sp³-hybridized carbons (Fsp3) is 0.737. The normalized spacial score (nSPS) is 19.9. The molecular formula is C19H33N5O6. The van der Waals surface area contributed by atoms with Gasteiger partial charge in [-0.3, -0.25) is 19.2 Å². The minimum absolute atomic E-state index is 0.192. The highest BCUT2D eigenvalue weighted by Crippen LogP contribution is 2.18. The van der Waals surface area contributed by atoms with Gasteiger partial charge in [-0.25, -0.2) is 0 Å². The summed E-state index contributed by atoms with van der Waals surface area (Å²) in [4.78, 5) is 61.5. The smallest absolute Gasteiger partial charge is 0.243 e. The van der Waals surface area contributed by atoms with Crippen molar-refractivity contribution in [2.75, 3.05) is 19.6 Å². The molecule has 0 aromatic rings. The number of likely N-dealkylation sites (tertiary alicyclic amines) is 1. The monoisotopic (exact) mass is 427 g/mol. The largest absolute Gasteiger partial charge is 0.391 e. The number of rotatable bonds is 11. The van der Waals surface area contributed by atoms with Gasteiger partial charge in [0.25, 0.3) is 0 Å². The maximum Gasteiger partial charge on any atom is 0.243 e. The maximum absolute atomic E-state index is 12.7. The molecule has 11 nitrogen and oxygen atoms in total. The molecule has 6 N–H and O–H groups in total. The van der Waals surface area contributed by atoms with Crippen LogP contribution in [-0.2, 0) is 24.0 Å². The standard InChI is InChI=1S/C19H33N5O6/c1-4-11(2)17(19(30)21-9-15(27)22-13(10-25)12(3)26)23-18(29)14-6-5-7-24(14)16(28)8-20/h10-14,17,26H,4-9,20H2,1-3H3,(H,21,30)(H,22,27)(H,23,29)/t11-,12+,13+,14-,17-/m0/s1. The van der Waals surface area contributed by atoms with E-state index in [-0.39, 0.29) is 18.4 Å². The second-order valence-electron chi connectivity index (χ2n) is 7.51. The molecule has 0 spiro atoms. The highest BCUT2D eigenvalue weighted by atomic mass is 16.3. The van der Waals surface area contributed by atoms with E-state index in [4.69, 9.17) is 5.73 Å². The second-order valence-corrected chi connectivity index (χ2v) is 7.51. The summed E-state index contributed by atoms with van der Waals surface area (Å²) < 4.78 is 0. The zero-order valence-electron chi connectivity index (χ0n) is 17.7. The molecule has 5 atom stereocenters. The van der Waals surface area contributed by atoms with E-state index in [9.17, 15) is 29.1 Å². The first kappa shape index (κ1) is 25.5. The summed E-state index contributed by atoms with van der Waals surface area (Å²) in [6.45, 7) is 4.84. The summed E-state index contributed by atoms with van der Waals surface area (Å²) in [5.74, 6) is -2.18. The van der Waals surface area contributed by atoms with Crippen LogP contribution in [0.3, 0.4) is 0 Å². The van der Waals surface area contributed by atoms with Gasteiger partial charge in [0.05, 0.1) is 19.2 Å². The number of hydrogen-bond donors (Lipinski definition) is 5. The average Bonchev–Trinajstić information content (AvgIpc) is 3.22. The van der Waals surface area contributed by atoms with Gasteiger partial charge >= 0.3 is 0 Å². The van der Waals surface area contributed by atoms with Crippen LogP contribution in [-0.4, -0.2) is 83.8 Å². The fourth-order valence-electron chi connectivity index (χ4n) is 3.19. The lowest BCUT2D eigenvalue weighted by atomic mass is 9.97. The quantitative estimate of drug-likeness (QED) is 0.230. The summed E-state index contributed by atoms with van der Waals surface area (Å²) in [5.41, 5.74) is 5.40. The third kappa shape index (κ3) is 7.06. The summed E-state index contributed by atoms with van der Waals surface area (Å²) in [6.07, 6.45) is 1.09. The number of aliphatic hydroxyl groups excluding tert-OH is 1. The first-order valence-electron chi connectivity index (χ1n) is 10.2. The van der Waals surface area contributed by atoms with Crippen molar-refractivity contribution < 1.29 is 29.1 Å². The molecule has 0 unspecified atom stereocenters. The van der Waals surface area contributed by atoms with Gasteiger partial charge in [-0.05, 0) is 25.7 Å². The van der Waals surface area contributed by atoms with E-state index in [1.54, 1.807) is 6.92 Å². The number of nitrogens with one attached hydrogen (secondary N) is 3. The fourth-order valence-corrected chi connectivity index (χ4v) is 3.19. The molecule has 0 aromatic heterocycles. The number of amides is 4. The van der Waals surface area contributed by atoms with Crippen LogP contribution in [0.25, 0.3) is 0 Å². The predicted octanol–water partition coefficient (Wildman–Crippen LogP) is -2.35. The van der Waals surface area contributed by atoms with E-state index < -0.39 is 48.5 Å². The predicted molar refractivity (Wildman–Crippen MR) is 108 cm³/mol. The Labute approximate surface area is 176 Å². The third-order valence-corrected chi connectivity index (χ3v) is 5.26. The summed E-state index contributed by atoms with van der Waals surface area (Å²) >= 11 is 0. The third-order valence-electron chi connectivity index (χ3n) is 5.26. The number of nitrogens with two attached hydrogens (primary N) is 1. The van der Waals surface area contributed by atoms with Crippen molar-refractivity contribution in [3.05, 3.63) is 0 Å². The highest BCUT2D eigenvalue weighted by molar-refractivity contribution is 5.94. The molecule has 0 aliphatic carbocycles. The molecular weight excluding hydrogens is 394 g/mol. The van der Waals surface area contributed by atoms with Crippen LogP contribution in [0.2, 0.25) is 0 Å². The van der Waals surface area contributed by atoms with Crippen LogP contribution >= 0.6 is 0 Å². The highest BCUT2D eigenvalue weighted by Gasteiger charge is 2.36. The molecule has 1 saturated heterocycles. The van der Waals surface area contributed by atoms with E-state index in [0.717, 1.165) is 0 Å². The van der Waals surface area contributed by atoms with Gasteiger partial charge in [0.15, 0.2) is 0 Å². The Hall–Kier alpha value is -2.53. The summed E-state index contributed by atoms with van der Waals surface area (Å²) in [5, 5.41) is 16.8. The lowest BCUT2D eigenvalue weighted by Gasteiger charge is -2.28. The van der Waals surface area contributed by atoms with Crippen molar-refractivity contribution in [2.24, 2.45) is 11.7 Å². The van der Waals surface area contributed by atoms with Gasteiger partial charge in [-0.2, -0.15) is 0 Å². The van der Waals surface area contributed by atoms with Gasteiger partial charge in [-0.15, -0.1) is 0 Å². The van der Waals surface area contributed by atoms with E-state index in [1.165, 1.54) is 11.8 Å². The number of carbonyl (C=O) groups excluding carboxylic acids is 5. The van der Waals surface area contributed by atoms with Gasteiger partial charge in [0.2, 0.25) is 23.6 Å². The lowest BCUT2D eigenvalue weighted by molar-refractivity contribution is -0.139. The van der Waals surface area contributed by atoms with Crippen molar-refractivity contribution in [1.29, 1.82) is 0 Å². The Morgan fingerprint density at radius 2 is 1.90 bits per heavy atom. The first-order chi connectivity index (χ1) is 14.2. The van der Waals surface area contributed by atoms with E-state index in [1.807, 2.05) is 6.92 Å². The molecule has 0 aromatic carbocycles. The molecule has 11 heteroatoms. The molecule has 1 heterocycles. The van der Waals surface area contributed by atoms with Gasteiger partial charge in [0, 0.05) is 6.54 Å². The van der Waals surface area contributed by atoms with Crippen molar-refractivity contribution in [3.63, 3.8) is 0 Å². The van der Waals surface area contributed by atoms with E-state index >= 15 is 0 Å². The molecule has 4 amide bonds. The zero-order valence-corrected chi connectivity index (χ0v) is 17.7. The average molecular weight is 428 g/mol. The van der Waals surface area contributed by atoms with Crippen molar-refractivity contribution in [1.82, 2.24) is 20.9 Å². The molecule has 1 aliphatic heterocycles. The maximum atomic E-state index is 12.7.